The number of piperazine rings is 1. The predicted molar refractivity (Wildman–Crippen MR) is 165 cm³/mol. The molecule has 42 heavy (non-hydrogen) atoms. The van der Waals surface area contributed by atoms with Crippen LogP contribution in [-0.2, 0) is 13.0 Å². The van der Waals surface area contributed by atoms with E-state index < -0.39 is 0 Å². The summed E-state index contributed by atoms with van der Waals surface area (Å²) in [6.45, 7) is 3.73. The fraction of sp³-hybridized carbons (Fsp3) is 0.250. The van der Waals surface area contributed by atoms with E-state index in [2.05, 4.69) is 56.5 Å². The van der Waals surface area contributed by atoms with Gasteiger partial charge in [-0.25, -0.2) is 9.78 Å². The quantitative estimate of drug-likeness (QED) is 0.264. The van der Waals surface area contributed by atoms with Crippen LogP contribution in [0.3, 0.4) is 0 Å². The molecule has 1 aliphatic heterocycles. The lowest BCUT2D eigenvalue weighted by Crippen LogP contribution is -2.50. The molecule has 0 atom stereocenters. The maximum Gasteiger partial charge on any atom is 0.321 e. The van der Waals surface area contributed by atoms with Crippen molar-refractivity contribution in [1.29, 1.82) is 0 Å². The lowest BCUT2D eigenvalue weighted by molar-refractivity contribution is 0.208. The van der Waals surface area contributed by atoms with E-state index in [1.165, 1.54) is 11.1 Å². The van der Waals surface area contributed by atoms with Gasteiger partial charge < -0.3 is 29.7 Å². The number of carbonyl (C=O) groups is 1. The third-order valence-corrected chi connectivity index (χ3v) is 7.37. The molecule has 0 unspecified atom stereocenters. The number of aromatic nitrogens is 4. The highest BCUT2D eigenvalue weighted by molar-refractivity contribution is 5.90. The van der Waals surface area contributed by atoms with Crippen LogP contribution in [0.1, 0.15) is 11.1 Å². The SMILES string of the molecule is COc1cccc(NC(=O)N2CCN(c3nc(NCCc4ccccc4)c4ncn(Cc5ccccc5)c4n3)CC2)c1. The Morgan fingerprint density at radius 3 is 2.36 bits per heavy atom. The van der Waals surface area contributed by atoms with E-state index in [0.717, 1.165) is 29.9 Å². The van der Waals surface area contributed by atoms with Gasteiger partial charge in [0, 0.05) is 44.5 Å². The number of carbonyl (C=O) groups excluding carboxylic acids is 1. The minimum absolute atomic E-state index is 0.136. The Balaban J connectivity index is 1.19. The van der Waals surface area contributed by atoms with Crippen LogP contribution in [0.5, 0.6) is 5.75 Å². The van der Waals surface area contributed by atoms with Crippen molar-refractivity contribution in [3.63, 3.8) is 0 Å². The Labute approximate surface area is 245 Å². The van der Waals surface area contributed by atoms with Crippen molar-refractivity contribution < 1.29 is 9.53 Å². The summed E-state index contributed by atoms with van der Waals surface area (Å²) in [5.74, 6) is 2.05. The Kier molecular flexibility index (Phi) is 8.12. The molecule has 10 nitrogen and oxygen atoms in total. The third-order valence-electron chi connectivity index (χ3n) is 7.37. The first kappa shape index (κ1) is 27.1. The van der Waals surface area contributed by atoms with Crippen molar-refractivity contribution in [1.82, 2.24) is 24.4 Å². The minimum Gasteiger partial charge on any atom is -0.497 e. The topological polar surface area (TPSA) is 100 Å². The molecule has 10 heteroatoms. The Hall–Kier alpha value is -5.12. The van der Waals surface area contributed by atoms with E-state index in [1.54, 1.807) is 7.11 Å². The van der Waals surface area contributed by atoms with Crippen LogP contribution >= 0.6 is 0 Å². The lowest BCUT2D eigenvalue weighted by atomic mass is 10.1. The number of nitrogens with zero attached hydrogens (tertiary/aromatic N) is 6. The van der Waals surface area contributed by atoms with Gasteiger partial charge in [0.15, 0.2) is 17.0 Å². The number of urea groups is 1. The third kappa shape index (κ3) is 6.27. The zero-order chi connectivity index (χ0) is 28.7. The van der Waals surface area contributed by atoms with Crippen LogP contribution in [0.2, 0.25) is 0 Å². The molecule has 214 valence electrons. The summed E-state index contributed by atoms with van der Waals surface area (Å²) < 4.78 is 7.34. The van der Waals surface area contributed by atoms with E-state index in [-0.39, 0.29) is 6.03 Å². The van der Waals surface area contributed by atoms with Crippen molar-refractivity contribution in [2.45, 2.75) is 13.0 Å². The van der Waals surface area contributed by atoms with Gasteiger partial charge in [-0.15, -0.1) is 0 Å². The molecule has 0 aliphatic carbocycles. The second kappa shape index (κ2) is 12.6. The summed E-state index contributed by atoms with van der Waals surface area (Å²) in [6.07, 6.45) is 2.70. The fourth-order valence-electron chi connectivity index (χ4n) is 5.08. The van der Waals surface area contributed by atoms with Gasteiger partial charge in [-0.3, -0.25) is 0 Å². The summed E-state index contributed by atoms with van der Waals surface area (Å²) in [4.78, 5) is 31.5. The highest BCUT2D eigenvalue weighted by Gasteiger charge is 2.25. The van der Waals surface area contributed by atoms with Gasteiger partial charge in [-0.1, -0.05) is 66.7 Å². The number of anilines is 3. The van der Waals surface area contributed by atoms with E-state index in [9.17, 15) is 4.79 Å². The van der Waals surface area contributed by atoms with Gasteiger partial charge in [0.2, 0.25) is 5.95 Å². The molecule has 1 aliphatic rings. The molecule has 3 aromatic carbocycles. The molecule has 2 aromatic heterocycles. The van der Waals surface area contributed by atoms with Gasteiger partial charge in [0.1, 0.15) is 5.75 Å². The average Bonchev–Trinajstić information content (AvgIpc) is 3.44. The number of amides is 2. The maximum atomic E-state index is 13.0. The second-order valence-corrected chi connectivity index (χ2v) is 10.2. The van der Waals surface area contributed by atoms with E-state index in [1.807, 2.05) is 59.8 Å². The number of nitrogens with one attached hydrogen (secondary N) is 2. The largest absolute Gasteiger partial charge is 0.497 e. The molecule has 3 heterocycles. The predicted octanol–water partition coefficient (Wildman–Crippen LogP) is 4.89. The standard InChI is InChI=1S/C32H34N8O2/c1-42-27-14-8-13-26(21-27)35-32(41)39-19-17-38(18-20-39)31-36-29(33-16-15-24-9-4-2-5-10-24)28-30(37-31)40(23-34-28)22-25-11-6-3-7-12-25/h2-14,21,23H,15-20,22H2,1H3,(H,35,41)(H,33,36,37). The summed E-state index contributed by atoms with van der Waals surface area (Å²) in [6, 6.07) is 27.9. The molecule has 0 saturated carbocycles. The number of benzene rings is 3. The smallest absolute Gasteiger partial charge is 0.321 e. The molecule has 0 bridgehead atoms. The highest BCUT2D eigenvalue weighted by Crippen LogP contribution is 2.25. The molecular weight excluding hydrogens is 528 g/mol. The van der Waals surface area contributed by atoms with Crippen LogP contribution in [0, 0.1) is 0 Å². The summed E-state index contributed by atoms with van der Waals surface area (Å²) >= 11 is 0. The summed E-state index contributed by atoms with van der Waals surface area (Å²) in [7, 11) is 1.61. The fourth-order valence-corrected chi connectivity index (χ4v) is 5.08. The molecule has 2 amide bonds. The first-order chi connectivity index (χ1) is 20.7. The van der Waals surface area contributed by atoms with E-state index in [4.69, 9.17) is 19.7 Å². The number of imidazole rings is 1. The zero-order valence-corrected chi connectivity index (χ0v) is 23.6. The monoisotopic (exact) mass is 562 g/mol. The Morgan fingerprint density at radius 1 is 0.881 bits per heavy atom. The molecule has 5 aromatic rings. The second-order valence-electron chi connectivity index (χ2n) is 10.2. The van der Waals surface area contributed by atoms with Gasteiger partial charge in [-0.2, -0.15) is 9.97 Å². The molecule has 1 fully saturated rings. The molecule has 0 spiro atoms. The summed E-state index contributed by atoms with van der Waals surface area (Å²) in [5, 5.41) is 6.49. The van der Waals surface area contributed by atoms with Crippen molar-refractivity contribution in [2.75, 3.05) is 55.4 Å². The van der Waals surface area contributed by atoms with Crippen LogP contribution in [0.25, 0.3) is 11.2 Å². The molecular formula is C32H34N8O2. The number of methoxy groups -OCH3 is 1. The van der Waals surface area contributed by atoms with E-state index >= 15 is 0 Å². The summed E-state index contributed by atoms with van der Waals surface area (Å²) in [5.41, 5.74) is 4.66. The molecule has 0 radical (unpaired) electrons. The molecule has 1 saturated heterocycles. The highest BCUT2D eigenvalue weighted by atomic mass is 16.5. The molecule has 6 rings (SSSR count). The van der Waals surface area contributed by atoms with Crippen LogP contribution in [-0.4, -0.2) is 70.3 Å². The van der Waals surface area contributed by atoms with E-state index in [0.29, 0.717) is 50.1 Å². The van der Waals surface area contributed by atoms with Gasteiger partial charge in [0.05, 0.1) is 20.0 Å². The van der Waals surface area contributed by atoms with Crippen LogP contribution in [0.4, 0.5) is 22.2 Å². The van der Waals surface area contributed by atoms with Crippen molar-refractivity contribution in [2.24, 2.45) is 0 Å². The molecule has 2 N–H and O–H groups in total. The van der Waals surface area contributed by atoms with Crippen molar-refractivity contribution in [3.8, 4) is 5.75 Å². The number of ether oxygens (including phenoxy) is 1. The first-order valence-electron chi connectivity index (χ1n) is 14.2. The minimum atomic E-state index is -0.136. The number of hydrogen-bond acceptors (Lipinski definition) is 7. The van der Waals surface area contributed by atoms with Gasteiger partial charge in [-0.05, 0) is 29.7 Å². The van der Waals surface area contributed by atoms with Crippen LogP contribution < -0.4 is 20.3 Å². The van der Waals surface area contributed by atoms with Crippen molar-refractivity contribution >= 4 is 34.6 Å². The Morgan fingerprint density at radius 2 is 1.62 bits per heavy atom. The van der Waals surface area contributed by atoms with Gasteiger partial charge >= 0.3 is 6.03 Å². The lowest BCUT2D eigenvalue weighted by Gasteiger charge is -2.34. The normalized spacial score (nSPS) is 13.3. The van der Waals surface area contributed by atoms with Crippen molar-refractivity contribution in [3.05, 3.63) is 102 Å². The zero-order valence-electron chi connectivity index (χ0n) is 23.6. The van der Waals surface area contributed by atoms with Crippen LogP contribution in [0.15, 0.2) is 91.3 Å². The van der Waals surface area contributed by atoms with Gasteiger partial charge in [0.25, 0.3) is 0 Å². The number of fused-ring (bicyclic) bond motifs is 1. The maximum absolute atomic E-state index is 13.0. The number of hydrogen-bond donors (Lipinski definition) is 2. The first-order valence-corrected chi connectivity index (χ1v) is 14.2. The average molecular weight is 563 g/mol. The number of rotatable bonds is 9. The Bertz CT molecular complexity index is 1630.